The number of carbonyl (C=O) groups excluding carboxylic acids is 6. The van der Waals surface area contributed by atoms with E-state index in [1.807, 2.05) is 0 Å². The topological polar surface area (TPSA) is 400 Å². The average Bonchev–Trinajstić information content (AvgIpc) is 4.02. The number of carbonyl (C=O) groups is 8. The van der Waals surface area contributed by atoms with E-state index >= 15 is 0 Å². The van der Waals surface area contributed by atoms with Crippen LogP contribution in [-0.2, 0) is 51.4 Å². The molecular weight excluding hydrogens is 1110 g/mol. The van der Waals surface area contributed by atoms with Crippen molar-refractivity contribution in [3.8, 4) is 11.5 Å². The fourth-order valence-electron chi connectivity index (χ4n) is 7.31. The molecule has 4 aliphatic heterocycles. The van der Waals surface area contributed by atoms with Crippen LogP contribution in [0.4, 0.5) is 0 Å². The molecule has 0 spiro atoms. The van der Waals surface area contributed by atoms with E-state index in [4.69, 9.17) is 19.7 Å². The number of aromatic nitrogens is 8. The maximum atomic E-state index is 12.8. The zero-order valence-electron chi connectivity index (χ0n) is 39.1. The molecule has 2 aromatic carbocycles. The van der Waals surface area contributed by atoms with Gasteiger partial charge in [0.2, 0.25) is 10.3 Å². The van der Waals surface area contributed by atoms with Crippen LogP contribution in [0.5, 0.6) is 11.5 Å². The standard InChI is InChI=1S/2C20H20N6O8S2.2K/c2*1-34-11-4-2-3-9(5-11)15(29)16(30)21-13-17(31)26-14(19(32)33)10(7-35-18(13)26)8-36-20-22-23-24-25(20)6-12(27)28;;/h2*2-5,13,15,18,29H,6-8H2,1H3,(H,21,30)(H,27,28)(H,32,33);;/q;;2*+1/p-2/t2*13?,15-,18-;;/m11../s1. The minimum atomic E-state index is -1.56. The van der Waals surface area contributed by atoms with Crippen LogP contribution >= 0.6 is 47.0 Å². The molecule has 2 aromatic heterocycles. The first-order chi connectivity index (χ1) is 34.4. The molecule has 34 heteroatoms. The van der Waals surface area contributed by atoms with Crippen LogP contribution in [0.1, 0.15) is 23.3 Å². The summed E-state index contributed by atoms with van der Waals surface area (Å²) in [4.78, 5) is 98.6. The van der Waals surface area contributed by atoms with Crippen molar-refractivity contribution in [3.63, 3.8) is 0 Å². The number of fused-ring (bicyclic) bond motifs is 2. The van der Waals surface area contributed by atoms with Crippen LogP contribution in [0.15, 0.2) is 81.4 Å². The summed E-state index contributed by atoms with van der Waals surface area (Å²) in [6, 6.07) is 10.5. The van der Waals surface area contributed by atoms with Gasteiger partial charge in [0.15, 0.2) is 12.2 Å². The van der Waals surface area contributed by atoms with Crippen LogP contribution in [0.3, 0.4) is 0 Å². The Hall–Kier alpha value is -3.99. The van der Waals surface area contributed by atoms with E-state index in [0.717, 1.165) is 42.7 Å². The van der Waals surface area contributed by atoms with Gasteiger partial charge in [-0.15, -0.1) is 33.7 Å². The molecule has 4 amide bonds. The number of rotatable bonds is 20. The van der Waals surface area contributed by atoms with Crippen molar-refractivity contribution in [1.29, 1.82) is 0 Å². The number of β-lactam (4-membered cyclic amide) rings is 2. The molecule has 0 saturated carbocycles. The van der Waals surface area contributed by atoms with Gasteiger partial charge in [0.25, 0.3) is 23.6 Å². The Morgan fingerprint density at radius 2 is 1.07 bits per heavy atom. The van der Waals surface area contributed by atoms with Gasteiger partial charge in [-0.1, -0.05) is 47.8 Å². The van der Waals surface area contributed by atoms with E-state index < -0.39 is 95.6 Å². The molecule has 8 rings (SSSR count). The fraction of sp³-hybridized carbons (Fsp3) is 0.350. The summed E-state index contributed by atoms with van der Waals surface area (Å²) in [6.07, 6.45) is -3.12. The monoisotopic (exact) mass is 1150 g/mol. The number of carboxylic acids is 4. The largest absolute Gasteiger partial charge is 1.00 e. The van der Waals surface area contributed by atoms with Crippen LogP contribution in [0.2, 0.25) is 0 Å². The summed E-state index contributed by atoms with van der Waals surface area (Å²) in [5.74, 6) is -6.92. The molecule has 6 N–H and O–H groups in total. The number of methoxy groups -OCH3 is 2. The van der Waals surface area contributed by atoms with Crippen LogP contribution in [0, 0.1) is 0 Å². The van der Waals surface area contributed by atoms with Crippen LogP contribution in [-0.4, -0.2) is 178 Å². The van der Waals surface area contributed by atoms with Crippen molar-refractivity contribution in [2.24, 2.45) is 0 Å². The molecule has 0 bridgehead atoms. The molecule has 6 heterocycles. The van der Waals surface area contributed by atoms with E-state index in [1.165, 1.54) is 62.0 Å². The molecule has 0 aliphatic carbocycles. The van der Waals surface area contributed by atoms with Crippen molar-refractivity contribution < 1.29 is 181 Å². The number of carboxylic acid groups (broad SMARTS) is 4. The maximum absolute atomic E-state index is 12.8. The Morgan fingerprint density at radius 3 is 1.41 bits per heavy atom. The summed E-state index contributed by atoms with van der Waals surface area (Å²) in [5.41, 5.74) is 0.638. The second-order valence-corrected chi connectivity index (χ2v) is 19.3. The maximum Gasteiger partial charge on any atom is 1.00 e. The normalized spacial score (nSPS) is 19.3. The number of aliphatic hydroxyl groups excluding tert-OH is 2. The molecule has 2 unspecified atom stereocenters. The van der Waals surface area contributed by atoms with E-state index in [2.05, 4.69) is 41.7 Å². The second kappa shape index (κ2) is 27.4. The summed E-state index contributed by atoms with van der Waals surface area (Å²) in [6.45, 7) is -0.932. The Labute approximate surface area is 519 Å². The van der Waals surface area contributed by atoms with Crippen molar-refractivity contribution in [2.45, 2.75) is 58.4 Å². The number of nitrogens with one attached hydrogen (secondary N) is 2. The summed E-state index contributed by atoms with van der Waals surface area (Å²) in [7, 11) is 2.89. The van der Waals surface area contributed by atoms with Crippen LogP contribution in [0.25, 0.3) is 0 Å². The zero-order chi connectivity index (χ0) is 52.0. The summed E-state index contributed by atoms with van der Waals surface area (Å²) < 4.78 is 12.3. The van der Waals surface area contributed by atoms with Gasteiger partial charge in [0, 0.05) is 23.0 Å². The van der Waals surface area contributed by atoms with Crippen molar-refractivity contribution in [3.05, 3.63) is 82.2 Å². The first kappa shape index (κ1) is 60.9. The molecule has 74 heavy (non-hydrogen) atoms. The quantitative estimate of drug-likeness (QED) is 0.0272. The Balaban J connectivity index is 0.000000267. The predicted molar refractivity (Wildman–Crippen MR) is 242 cm³/mol. The third kappa shape index (κ3) is 13.9. The van der Waals surface area contributed by atoms with E-state index in [-0.39, 0.29) is 159 Å². The van der Waals surface area contributed by atoms with Gasteiger partial charge in [0.1, 0.15) is 47.4 Å². The first-order valence-electron chi connectivity index (χ1n) is 20.6. The molecule has 380 valence electrons. The Kier molecular flexibility index (Phi) is 22.5. The SMILES string of the molecule is COc1cccc([C@@H](O)C(=O)NC2C(=O)N3C(C(=O)[O-])=C(CSc4nnnn4CC(=O)O)CS[C@H]23)c1.COc1cccc([C@@H](O)C(=O)NC2C(=O)N3C(C(=O)[O-])=C(CSc4nnnn4CC(=O)O)CS[C@H]23)c1.[K+].[K+]. The number of thioether (sulfide) groups is 4. The minimum Gasteiger partial charge on any atom is -0.543 e. The molecule has 4 aromatic rings. The molecule has 0 radical (unpaired) electrons. The van der Waals surface area contributed by atoms with Crippen molar-refractivity contribution >= 4 is 94.6 Å². The van der Waals surface area contributed by atoms with Gasteiger partial charge in [-0.05, 0) is 67.4 Å². The van der Waals surface area contributed by atoms with Gasteiger partial charge in [-0.2, -0.15) is 0 Å². The molecule has 6 atom stereocenters. The van der Waals surface area contributed by atoms with Crippen molar-refractivity contribution in [1.82, 2.24) is 60.8 Å². The second-order valence-electron chi connectivity index (χ2n) is 15.2. The number of hydrogen-bond donors (Lipinski definition) is 6. The minimum absolute atomic E-state index is 0. The molecule has 2 saturated heterocycles. The number of nitrogens with zero attached hydrogens (tertiary/aromatic N) is 10. The van der Waals surface area contributed by atoms with E-state index in [9.17, 15) is 58.8 Å². The number of benzene rings is 2. The fourth-order valence-corrected chi connectivity index (χ4v) is 12.0. The molecule has 4 aliphatic rings. The van der Waals surface area contributed by atoms with Gasteiger partial charge >= 0.3 is 115 Å². The summed E-state index contributed by atoms with van der Waals surface area (Å²) in [5, 5.41) is 87.9. The number of hydrogen-bond acceptors (Lipinski definition) is 24. The average molecular weight is 1150 g/mol. The van der Waals surface area contributed by atoms with Crippen molar-refractivity contribution in [2.75, 3.05) is 37.2 Å². The number of amides is 4. The molecular formula is C40H38K2N12O16S4. The molecule has 2 fully saturated rings. The number of tetrazole rings is 2. The van der Waals surface area contributed by atoms with Gasteiger partial charge in [0.05, 0.1) is 37.6 Å². The number of aliphatic carboxylic acids is 4. The third-order valence-corrected chi connectivity index (χ3v) is 15.5. The predicted octanol–water partition coefficient (Wildman–Crippen LogP) is -10.0. The van der Waals surface area contributed by atoms with Gasteiger partial charge in [-0.25, -0.2) is 9.36 Å². The third-order valence-electron chi connectivity index (χ3n) is 10.7. The Morgan fingerprint density at radius 1 is 0.689 bits per heavy atom. The van der Waals surface area contributed by atoms with Gasteiger partial charge in [-0.3, -0.25) is 38.6 Å². The zero-order valence-corrected chi connectivity index (χ0v) is 48.6. The van der Waals surface area contributed by atoms with E-state index in [0.29, 0.717) is 22.6 Å². The first-order valence-corrected chi connectivity index (χ1v) is 24.7. The summed E-state index contributed by atoms with van der Waals surface area (Å²) >= 11 is 4.51. The molecule has 28 nitrogen and oxygen atoms in total. The van der Waals surface area contributed by atoms with Crippen LogP contribution < -0.4 is 133 Å². The van der Waals surface area contributed by atoms with E-state index in [1.54, 1.807) is 24.3 Å². The Bertz CT molecular complexity index is 2700. The van der Waals surface area contributed by atoms with Gasteiger partial charge < -0.3 is 60.3 Å². The smallest absolute Gasteiger partial charge is 0.543 e. The number of aliphatic hydroxyl groups is 2. The number of ether oxygens (including phenoxy) is 2.